The highest BCUT2D eigenvalue weighted by Gasteiger charge is 2.39. The molecule has 2 unspecified atom stereocenters. The van der Waals surface area contributed by atoms with Crippen LogP contribution in [0.15, 0.2) is 73.3 Å². The van der Waals surface area contributed by atoms with E-state index >= 15 is 0 Å². The first-order valence-corrected chi connectivity index (χ1v) is 14.1. The standard InChI is InChI=1S/C32H30ClN7O2/c1-32(42,28-19-35-20-38(28)2)27-16-22-4-3-11-36-29(22)30(25-10-7-23(33)17-26(25)27)39-12-14-40(15-13-39)31(41)37-24-8-5-21(18-34)6-9-24/h3-11,16-17,19-20,30,42H,12-15H2,1-2H3,(H,37,41). The number of piperazine rings is 1. The Labute approximate surface area is 249 Å². The number of urea groups is 1. The average molecular weight is 580 g/mol. The fourth-order valence-electron chi connectivity index (χ4n) is 5.91. The van der Waals surface area contributed by atoms with E-state index in [1.807, 2.05) is 48.0 Å². The number of hydrogen-bond donors (Lipinski definition) is 2. The van der Waals surface area contributed by atoms with Gasteiger partial charge in [0.05, 0.1) is 41.6 Å². The minimum absolute atomic E-state index is 0.179. The Morgan fingerprint density at radius 3 is 2.60 bits per heavy atom. The van der Waals surface area contributed by atoms with Crippen molar-refractivity contribution in [3.8, 4) is 6.07 Å². The quantitative estimate of drug-likeness (QED) is 0.350. The molecule has 2 atom stereocenters. The van der Waals surface area contributed by atoms with Gasteiger partial charge in [0.25, 0.3) is 0 Å². The molecule has 2 aliphatic rings. The van der Waals surface area contributed by atoms with E-state index in [1.165, 1.54) is 0 Å². The molecule has 0 bridgehead atoms. The van der Waals surface area contributed by atoms with Crippen LogP contribution in [0.3, 0.4) is 0 Å². The maximum Gasteiger partial charge on any atom is 0.321 e. The van der Waals surface area contributed by atoms with E-state index < -0.39 is 5.60 Å². The van der Waals surface area contributed by atoms with E-state index in [-0.39, 0.29) is 12.1 Å². The number of rotatable bonds is 4. The zero-order chi connectivity index (χ0) is 29.4. The lowest BCUT2D eigenvalue weighted by molar-refractivity contribution is 0.114. The lowest BCUT2D eigenvalue weighted by atomic mass is 9.84. The molecule has 2 N–H and O–H groups in total. The number of carbonyl (C=O) groups excluding carboxylic acids is 1. The first kappa shape index (κ1) is 27.7. The molecule has 2 aromatic heterocycles. The summed E-state index contributed by atoms with van der Waals surface area (Å²) in [6.45, 7) is 4.07. The van der Waals surface area contributed by atoms with Gasteiger partial charge in [-0.05, 0) is 77.7 Å². The van der Waals surface area contributed by atoms with Gasteiger partial charge in [0.1, 0.15) is 5.60 Å². The Hall–Kier alpha value is -4.49. The topological polar surface area (TPSA) is 110 Å². The second-order valence-corrected chi connectivity index (χ2v) is 11.2. The molecule has 1 aliphatic carbocycles. The third kappa shape index (κ3) is 5.05. The van der Waals surface area contributed by atoms with Crippen LogP contribution in [-0.2, 0) is 12.6 Å². The van der Waals surface area contributed by atoms with E-state index in [1.54, 1.807) is 54.8 Å². The van der Waals surface area contributed by atoms with Crippen LogP contribution in [0.25, 0.3) is 11.6 Å². The van der Waals surface area contributed by atoms with Gasteiger partial charge < -0.3 is 19.9 Å². The highest BCUT2D eigenvalue weighted by atomic mass is 35.5. The molecule has 1 fully saturated rings. The average Bonchev–Trinajstić information content (AvgIpc) is 3.38. The summed E-state index contributed by atoms with van der Waals surface area (Å²) >= 11 is 6.56. The van der Waals surface area contributed by atoms with E-state index in [2.05, 4.69) is 21.3 Å². The van der Waals surface area contributed by atoms with Gasteiger partial charge in [0, 0.05) is 50.1 Å². The third-order valence-corrected chi connectivity index (χ3v) is 8.34. The number of nitrogens with one attached hydrogen (secondary N) is 1. The number of halogens is 1. The fraction of sp³-hybridized carbons (Fsp3) is 0.250. The zero-order valence-corrected chi connectivity index (χ0v) is 24.1. The number of aryl methyl sites for hydroxylation is 1. The second-order valence-electron chi connectivity index (χ2n) is 10.8. The summed E-state index contributed by atoms with van der Waals surface area (Å²) < 4.78 is 1.82. The van der Waals surface area contributed by atoms with Gasteiger partial charge in [-0.3, -0.25) is 9.88 Å². The second kappa shape index (κ2) is 11.1. The van der Waals surface area contributed by atoms with Gasteiger partial charge in [-0.2, -0.15) is 5.26 Å². The molecular weight excluding hydrogens is 550 g/mol. The van der Waals surface area contributed by atoms with E-state index in [4.69, 9.17) is 21.8 Å². The van der Waals surface area contributed by atoms with Crippen LogP contribution in [0.2, 0.25) is 5.02 Å². The van der Waals surface area contributed by atoms with Crippen LogP contribution in [0.4, 0.5) is 10.5 Å². The van der Waals surface area contributed by atoms with Crippen molar-refractivity contribution in [1.29, 1.82) is 5.26 Å². The van der Waals surface area contributed by atoms with Gasteiger partial charge in [-0.25, -0.2) is 9.78 Å². The van der Waals surface area contributed by atoms with Crippen LogP contribution >= 0.6 is 11.6 Å². The summed E-state index contributed by atoms with van der Waals surface area (Å²) in [5, 5.41) is 24.6. The number of benzene rings is 2. The molecule has 6 rings (SSSR count). The van der Waals surface area contributed by atoms with Crippen LogP contribution in [-0.4, -0.2) is 61.7 Å². The number of nitriles is 1. The Morgan fingerprint density at radius 2 is 1.90 bits per heavy atom. The minimum atomic E-state index is -1.37. The summed E-state index contributed by atoms with van der Waals surface area (Å²) in [6.07, 6.45) is 7.15. The molecular formula is C32H30ClN7O2. The van der Waals surface area contributed by atoms with Crippen molar-refractivity contribution in [2.75, 3.05) is 31.5 Å². The maximum atomic E-state index is 13.0. The number of anilines is 1. The summed E-state index contributed by atoms with van der Waals surface area (Å²) in [5.41, 5.74) is 4.81. The normalized spacial score (nSPS) is 18.1. The lowest BCUT2D eigenvalue weighted by Gasteiger charge is -2.40. The van der Waals surface area contributed by atoms with Crippen LogP contribution < -0.4 is 5.32 Å². The molecule has 10 heteroatoms. The van der Waals surface area contributed by atoms with Gasteiger partial charge in [-0.15, -0.1) is 0 Å². The molecule has 1 saturated heterocycles. The molecule has 212 valence electrons. The SMILES string of the molecule is Cn1cncc1C(C)(O)C1=Cc2cccnc2C(N2CCN(C(=O)Nc3ccc(C#N)cc3)CC2)c2ccc(Cl)cc21. The number of fused-ring (bicyclic) bond motifs is 2. The molecule has 3 heterocycles. The van der Waals surface area contributed by atoms with Crippen molar-refractivity contribution < 1.29 is 9.90 Å². The number of imidazole rings is 1. The van der Waals surface area contributed by atoms with Crippen molar-refractivity contribution in [1.82, 2.24) is 24.3 Å². The number of aromatic nitrogens is 3. The highest BCUT2D eigenvalue weighted by Crippen LogP contribution is 2.46. The third-order valence-electron chi connectivity index (χ3n) is 8.10. The summed E-state index contributed by atoms with van der Waals surface area (Å²) in [4.78, 5) is 26.3. The van der Waals surface area contributed by atoms with Gasteiger partial charge in [-0.1, -0.05) is 23.7 Å². The number of pyridine rings is 1. The molecule has 0 spiro atoms. The molecule has 9 nitrogen and oxygen atoms in total. The van der Waals surface area contributed by atoms with Crippen molar-refractivity contribution in [2.24, 2.45) is 7.05 Å². The molecule has 4 aromatic rings. The molecule has 0 saturated carbocycles. The number of amides is 2. The molecule has 42 heavy (non-hydrogen) atoms. The molecule has 0 radical (unpaired) electrons. The Kier molecular flexibility index (Phi) is 7.29. The molecule has 1 aliphatic heterocycles. The number of aliphatic hydroxyl groups is 1. The van der Waals surface area contributed by atoms with Crippen molar-refractivity contribution in [3.05, 3.63) is 112 Å². The van der Waals surface area contributed by atoms with Crippen LogP contribution in [0, 0.1) is 11.3 Å². The van der Waals surface area contributed by atoms with Crippen molar-refractivity contribution >= 4 is 35.0 Å². The summed E-state index contributed by atoms with van der Waals surface area (Å²) in [6, 6.07) is 18.2. The van der Waals surface area contributed by atoms with E-state index in [0.29, 0.717) is 53.7 Å². The monoisotopic (exact) mass is 579 g/mol. The van der Waals surface area contributed by atoms with Gasteiger partial charge in [0.2, 0.25) is 0 Å². The smallest absolute Gasteiger partial charge is 0.321 e. The first-order chi connectivity index (χ1) is 20.3. The number of carbonyl (C=O) groups is 1. The van der Waals surface area contributed by atoms with Crippen molar-refractivity contribution in [2.45, 2.75) is 18.6 Å². The minimum Gasteiger partial charge on any atom is -0.379 e. The Balaban J connectivity index is 1.32. The zero-order valence-electron chi connectivity index (χ0n) is 23.3. The Morgan fingerprint density at radius 1 is 1.14 bits per heavy atom. The number of hydrogen-bond acceptors (Lipinski definition) is 6. The first-order valence-electron chi connectivity index (χ1n) is 13.7. The lowest BCUT2D eigenvalue weighted by Crippen LogP contribution is -2.51. The van der Waals surface area contributed by atoms with Crippen LogP contribution in [0.5, 0.6) is 0 Å². The highest BCUT2D eigenvalue weighted by molar-refractivity contribution is 6.30. The van der Waals surface area contributed by atoms with E-state index in [9.17, 15) is 9.90 Å². The predicted molar refractivity (Wildman–Crippen MR) is 162 cm³/mol. The number of nitrogens with zero attached hydrogens (tertiary/aromatic N) is 6. The summed E-state index contributed by atoms with van der Waals surface area (Å²) in [7, 11) is 1.86. The Bertz CT molecular complexity index is 1710. The van der Waals surface area contributed by atoms with E-state index in [0.717, 1.165) is 22.4 Å². The van der Waals surface area contributed by atoms with Crippen LogP contribution in [0.1, 0.15) is 46.6 Å². The summed E-state index contributed by atoms with van der Waals surface area (Å²) in [5.74, 6) is 0. The molecule has 2 amide bonds. The largest absolute Gasteiger partial charge is 0.379 e. The van der Waals surface area contributed by atoms with Gasteiger partial charge >= 0.3 is 6.03 Å². The maximum absolute atomic E-state index is 13.0. The predicted octanol–water partition coefficient (Wildman–Crippen LogP) is 5.04. The van der Waals surface area contributed by atoms with Gasteiger partial charge in [0.15, 0.2) is 0 Å². The van der Waals surface area contributed by atoms with Crippen molar-refractivity contribution in [3.63, 3.8) is 0 Å². The molecule has 2 aromatic carbocycles. The fourth-order valence-corrected chi connectivity index (χ4v) is 6.08.